The van der Waals surface area contributed by atoms with E-state index in [0.29, 0.717) is 6.67 Å². The summed E-state index contributed by atoms with van der Waals surface area (Å²) in [5, 5.41) is 0. The Morgan fingerprint density at radius 2 is 2.29 bits per heavy atom. The Morgan fingerprint density at radius 3 is 2.43 bits per heavy atom. The van der Waals surface area contributed by atoms with Crippen molar-refractivity contribution in [3.8, 4) is 0 Å². The number of nitrogens with two attached hydrogens (primary N) is 1. The van der Waals surface area contributed by atoms with Gasteiger partial charge in [0.1, 0.15) is 0 Å². The van der Waals surface area contributed by atoms with Crippen LogP contribution in [0.15, 0.2) is 4.99 Å². The van der Waals surface area contributed by atoms with Crippen LogP contribution in [0.1, 0.15) is 20.3 Å². The van der Waals surface area contributed by atoms with Gasteiger partial charge in [0, 0.05) is 5.71 Å². The van der Waals surface area contributed by atoms with E-state index in [0.717, 1.165) is 12.1 Å². The number of aliphatic imine (C=N–C) groups is 1. The van der Waals surface area contributed by atoms with Gasteiger partial charge in [-0.1, -0.05) is 6.92 Å². The summed E-state index contributed by atoms with van der Waals surface area (Å²) in [5.41, 5.74) is 6.24. The van der Waals surface area contributed by atoms with Gasteiger partial charge in [-0.15, -0.1) is 0 Å². The van der Waals surface area contributed by atoms with Gasteiger partial charge >= 0.3 is 0 Å². The van der Waals surface area contributed by atoms with Gasteiger partial charge in [-0.3, -0.25) is 4.99 Å². The van der Waals surface area contributed by atoms with Crippen LogP contribution in [0, 0.1) is 0 Å². The first-order valence-corrected chi connectivity index (χ1v) is 2.51. The Balaban J connectivity index is 3.29. The molecule has 0 fully saturated rings. The van der Waals surface area contributed by atoms with Crippen LogP contribution in [0.3, 0.4) is 0 Å². The molecule has 0 aromatic rings. The minimum Gasteiger partial charge on any atom is -0.312 e. The zero-order chi connectivity index (χ0) is 5.70. The quantitative estimate of drug-likeness (QED) is 0.511. The maximum absolute atomic E-state index is 5.12. The molecule has 2 N–H and O–H groups in total. The largest absolute Gasteiger partial charge is 0.312 e. The summed E-state index contributed by atoms with van der Waals surface area (Å²) in [5.74, 6) is 0. The van der Waals surface area contributed by atoms with Crippen molar-refractivity contribution in [1.29, 1.82) is 0 Å². The minimum atomic E-state index is 0.430. The molecule has 0 aliphatic rings. The normalized spacial score (nSPS) is 12.1. The molecule has 0 saturated carbocycles. The molecule has 2 nitrogen and oxygen atoms in total. The fraction of sp³-hybridized carbons (Fsp3) is 0.800. The van der Waals surface area contributed by atoms with E-state index in [1.54, 1.807) is 0 Å². The third-order valence-corrected chi connectivity index (χ3v) is 0.873. The zero-order valence-corrected chi connectivity index (χ0v) is 4.94. The molecule has 0 atom stereocenters. The average Bonchev–Trinajstić information content (AvgIpc) is 1.68. The number of hydrogen-bond acceptors (Lipinski definition) is 2. The molecule has 0 aliphatic carbocycles. The van der Waals surface area contributed by atoms with E-state index >= 15 is 0 Å². The molecule has 0 aromatic carbocycles. The molecule has 2 heteroatoms. The Bertz CT molecular complexity index is 66.5. The van der Waals surface area contributed by atoms with Gasteiger partial charge in [0.05, 0.1) is 6.67 Å². The first-order valence-electron chi connectivity index (χ1n) is 2.51. The standard InChI is InChI=1S/C5H12N2/c1-3-5(2)7-4-6/h3-4,6H2,1-2H3/b7-5-. The van der Waals surface area contributed by atoms with Crippen LogP contribution in [0.2, 0.25) is 0 Å². The molecule has 0 spiro atoms. The Hall–Kier alpha value is -0.370. The highest BCUT2D eigenvalue weighted by Crippen LogP contribution is 1.79. The molecule has 0 amide bonds. The lowest BCUT2D eigenvalue weighted by Crippen LogP contribution is -1.98. The SMILES string of the molecule is CC/C(C)=N\CN. The summed E-state index contributed by atoms with van der Waals surface area (Å²) in [6.07, 6.45) is 1.01. The van der Waals surface area contributed by atoms with E-state index < -0.39 is 0 Å². The smallest absolute Gasteiger partial charge is 0.0858 e. The lowest BCUT2D eigenvalue weighted by atomic mass is 10.3. The van der Waals surface area contributed by atoms with Crippen LogP contribution in [0.5, 0.6) is 0 Å². The lowest BCUT2D eigenvalue weighted by Gasteiger charge is -1.88. The van der Waals surface area contributed by atoms with Crippen molar-refractivity contribution in [3.63, 3.8) is 0 Å². The van der Waals surface area contributed by atoms with Crippen LogP contribution in [-0.4, -0.2) is 12.4 Å². The predicted molar refractivity (Wildman–Crippen MR) is 32.5 cm³/mol. The van der Waals surface area contributed by atoms with Gasteiger partial charge in [-0.2, -0.15) is 0 Å². The van der Waals surface area contributed by atoms with Gasteiger partial charge in [-0.25, -0.2) is 0 Å². The van der Waals surface area contributed by atoms with Gasteiger partial charge in [-0.05, 0) is 13.3 Å². The summed E-state index contributed by atoms with van der Waals surface area (Å²) in [7, 11) is 0. The molecule has 0 radical (unpaired) electrons. The van der Waals surface area contributed by atoms with Crippen LogP contribution < -0.4 is 5.73 Å². The first kappa shape index (κ1) is 6.63. The predicted octanol–water partition coefficient (Wildman–Crippen LogP) is 0.774. The number of nitrogens with zero attached hydrogens (tertiary/aromatic N) is 1. The molecular formula is C5H12N2. The zero-order valence-electron chi connectivity index (χ0n) is 4.94. The maximum atomic E-state index is 5.12. The van der Waals surface area contributed by atoms with Crippen molar-refractivity contribution < 1.29 is 0 Å². The van der Waals surface area contributed by atoms with Crippen molar-refractivity contribution >= 4 is 5.71 Å². The summed E-state index contributed by atoms with van der Waals surface area (Å²) in [6.45, 7) is 4.47. The monoisotopic (exact) mass is 100 g/mol. The molecule has 7 heavy (non-hydrogen) atoms. The molecule has 0 aromatic heterocycles. The lowest BCUT2D eigenvalue weighted by molar-refractivity contribution is 1.05. The first-order chi connectivity index (χ1) is 3.31. The maximum Gasteiger partial charge on any atom is 0.0858 e. The van der Waals surface area contributed by atoms with Crippen molar-refractivity contribution in [1.82, 2.24) is 0 Å². The van der Waals surface area contributed by atoms with Crippen molar-refractivity contribution in [3.05, 3.63) is 0 Å². The topological polar surface area (TPSA) is 38.4 Å². The van der Waals surface area contributed by atoms with Crippen LogP contribution in [0.25, 0.3) is 0 Å². The van der Waals surface area contributed by atoms with E-state index in [-0.39, 0.29) is 0 Å². The third kappa shape index (κ3) is 3.46. The van der Waals surface area contributed by atoms with Gasteiger partial charge in [0.15, 0.2) is 0 Å². The minimum absolute atomic E-state index is 0.430. The highest BCUT2D eigenvalue weighted by Gasteiger charge is 1.78. The molecule has 42 valence electrons. The molecule has 0 rings (SSSR count). The van der Waals surface area contributed by atoms with Gasteiger partial charge in [0.2, 0.25) is 0 Å². The van der Waals surface area contributed by atoms with Crippen LogP contribution in [0.4, 0.5) is 0 Å². The molecular weight excluding hydrogens is 88.1 g/mol. The number of hydrogen-bond donors (Lipinski definition) is 1. The molecule has 0 aliphatic heterocycles. The van der Waals surface area contributed by atoms with Gasteiger partial charge < -0.3 is 5.73 Å². The molecule has 0 heterocycles. The van der Waals surface area contributed by atoms with Gasteiger partial charge in [0.25, 0.3) is 0 Å². The highest BCUT2D eigenvalue weighted by atomic mass is 14.9. The Labute approximate surface area is 44.4 Å². The van der Waals surface area contributed by atoms with E-state index in [9.17, 15) is 0 Å². The van der Waals surface area contributed by atoms with Crippen LogP contribution in [-0.2, 0) is 0 Å². The van der Waals surface area contributed by atoms with E-state index in [1.165, 1.54) is 0 Å². The van der Waals surface area contributed by atoms with E-state index in [1.807, 2.05) is 6.92 Å². The molecule has 0 bridgehead atoms. The summed E-state index contributed by atoms with van der Waals surface area (Å²) >= 11 is 0. The second kappa shape index (κ2) is 3.81. The highest BCUT2D eigenvalue weighted by molar-refractivity contribution is 5.81. The van der Waals surface area contributed by atoms with Crippen molar-refractivity contribution in [2.45, 2.75) is 20.3 Å². The fourth-order valence-electron chi connectivity index (χ4n) is 0.268. The van der Waals surface area contributed by atoms with E-state index in [4.69, 9.17) is 5.73 Å². The third-order valence-electron chi connectivity index (χ3n) is 0.873. The van der Waals surface area contributed by atoms with Crippen molar-refractivity contribution in [2.75, 3.05) is 6.67 Å². The molecule has 0 saturated heterocycles. The molecule has 0 unspecified atom stereocenters. The van der Waals surface area contributed by atoms with Crippen LogP contribution >= 0.6 is 0 Å². The Kier molecular flexibility index (Phi) is 3.61. The second-order valence-corrected chi connectivity index (χ2v) is 1.43. The summed E-state index contributed by atoms with van der Waals surface area (Å²) in [4.78, 5) is 3.94. The summed E-state index contributed by atoms with van der Waals surface area (Å²) < 4.78 is 0. The van der Waals surface area contributed by atoms with E-state index in [2.05, 4.69) is 11.9 Å². The summed E-state index contributed by atoms with van der Waals surface area (Å²) in [6, 6.07) is 0. The fourth-order valence-corrected chi connectivity index (χ4v) is 0.268. The second-order valence-electron chi connectivity index (χ2n) is 1.43. The average molecular weight is 100 g/mol. The van der Waals surface area contributed by atoms with Crippen molar-refractivity contribution in [2.24, 2.45) is 10.7 Å². The Morgan fingerprint density at radius 1 is 1.71 bits per heavy atom. The number of rotatable bonds is 2.